The highest BCUT2D eigenvalue weighted by Crippen LogP contribution is 2.31. The van der Waals surface area contributed by atoms with Crippen molar-refractivity contribution in [2.45, 2.75) is 31.2 Å². The van der Waals surface area contributed by atoms with Gasteiger partial charge in [0.1, 0.15) is 12.2 Å². The second-order valence-electron chi connectivity index (χ2n) is 4.64. The summed E-state index contributed by atoms with van der Waals surface area (Å²) in [5, 5.41) is 0. The molecule has 1 aromatic rings. The maximum atomic E-state index is 12.0. The van der Waals surface area contributed by atoms with Crippen LogP contribution in [0.25, 0.3) is 0 Å². The summed E-state index contributed by atoms with van der Waals surface area (Å²) >= 11 is 0. The molecule has 0 bridgehead atoms. The van der Waals surface area contributed by atoms with Gasteiger partial charge in [-0.15, -0.1) is 0 Å². The summed E-state index contributed by atoms with van der Waals surface area (Å²) in [6.07, 6.45) is -1.72. The number of carbonyl (C=O) groups excluding carboxylic acids is 1. The third-order valence-corrected chi connectivity index (χ3v) is 3.37. The molecular formula is C14H16O5. The van der Waals surface area contributed by atoms with Gasteiger partial charge in [0.05, 0.1) is 13.0 Å². The first kappa shape index (κ1) is 12.7. The zero-order valence-electron chi connectivity index (χ0n) is 10.7. The SMILES string of the molecule is CO[C@@H]1CC(=O)[C@@H]2OC(c3ccccc3)OC[C@H]2O1. The van der Waals surface area contributed by atoms with Crippen LogP contribution in [0.1, 0.15) is 18.3 Å². The van der Waals surface area contributed by atoms with Gasteiger partial charge in [-0.1, -0.05) is 30.3 Å². The Morgan fingerprint density at radius 1 is 1.21 bits per heavy atom. The van der Waals surface area contributed by atoms with E-state index >= 15 is 0 Å². The fourth-order valence-corrected chi connectivity index (χ4v) is 2.37. The average Bonchev–Trinajstić information content (AvgIpc) is 2.47. The van der Waals surface area contributed by atoms with Crippen LogP contribution in [0.5, 0.6) is 0 Å². The van der Waals surface area contributed by atoms with E-state index in [-0.39, 0.29) is 18.3 Å². The van der Waals surface area contributed by atoms with Crippen LogP contribution in [0, 0.1) is 0 Å². The molecule has 0 spiro atoms. The summed E-state index contributed by atoms with van der Waals surface area (Å²) < 4.78 is 22.0. The van der Waals surface area contributed by atoms with Crippen LogP contribution in [0.15, 0.2) is 30.3 Å². The molecular weight excluding hydrogens is 248 g/mol. The molecule has 2 aliphatic heterocycles. The van der Waals surface area contributed by atoms with Gasteiger partial charge in [-0.2, -0.15) is 0 Å². The second kappa shape index (κ2) is 5.38. The molecule has 5 heteroatoms. The van der Waals surface area contributed by atoms with E-state index in [9.17, 15) is 4.79 Å². The van der Waals surface area contributed by atoms with Crippen molar-refractivity contribution in [2.24, 2.45) is 0 Å². The fraction of sp³-hybridized carbons (Fsp3) is 0.500. The van der Waals surface area contributed by atoms with Crippen molar-refractivity contribution < 1.29 is 23.7 Å². The van der Waals surface area contributed by atoms with Crippen LogP contribution >= 0.6 is 0 Å². The quantitative estimate of drug-likeness (QED) is 0.809. The number of Topliss-reactive ketones (excluding diaryl/α,β-unsaturated/α-hetero) is 1. The number of rotatable bonds is 2. The Labute approximate surface area is 111 Å². The van der Waals surface area contributed by atoms with Gasteiger partial charge in [0.25, 0.3) is 0 Å². The number of ether oxygens (including phenoxy) is 4. The molecule has 0 N–H and O–H groups in total. The number of hydrogen-bond donors (Lipinski definition) is 0. The largest absolute Gasteiger partial charge is 0.355 e. The van der Waals surface area contributed by atoms with Crippen molar-refractivity contribution in [1.82, 2.24) is 0 Å². The molecule has 4 atom stereocenters. The molecule has 102 valence electrons. The maximum absolute atomic E-state index is 12.0. The number of methoxy groups -OCH3 is 1. The van der Waals surface area contributed by atoms with Crippen molar-refractivity contribution in [2.75, 3.05) is 13.7 Å². The highest BCUT2D eigenvalue weighted by Gasteiger charge is 2.43. The topological polar surface area (TPSA) is 54.0 Å². The summed E-state index contributed by atoms with van der Waals surface area (Å²) in [5.74, 6) is 0.00679. The lowest BCUT2D eigenvalue weighted by Gasteiger charge is -2.40. The molecule has 0 saturated carbocycles. The summed E-state index contributed by atoms with van der Waals surface area (Å²) in [6.45, 7) is 0.329. The maximum Gasteiger partial charge on any atom is 0.184 e. The van der Waals surface area contributed by atoms with Gasteiger partial charge in [-0.05, 0) is 0 Å². The smallest absolute Gasteiger partial charge is 0.184 e. The van der Waals surface area contributed by atoms with E-state index < -0.39 is 18.7 Å². The molecule has 5 nitrogen and oxygen atoms in total. The zero-order chi connectivity index (χ0) is 13.2. The Morgan fingerprint density at radius 3 is 2.74 bits per heavy atom. The van der Waals surface area contributed by atoms with Crippen LogP contribution < -0.4 is 0 Å². The van der Waals surface area contributed by atoms with Crippen molar-refractivity contribution >= 4 is 5.78 Å². The number of fused-ring (bicyclic) bond motifs is 1. The first-order chi connectivity index (χ1) is 9.28. The van der Waals surface area contributed by atoms with E-state index in [1.165, 1.54) is 7.11 Å². The van der Waals surface area contributed by atoms with E-state index in [2.05, 4.69) is 0 Å². The van der Waals surface area contributed by atoms with Crippen LogP contribution in [-0.4, -0.2) is 38.0 Å². The first-order valence-corrected chi connectivity index (χ1v) is 6.31. The lowest BCUT2D eigenvalue weighted by Crippen LogP contribution is -2.53. The van der Waals surface area contributed by atoms with Gasteiger partial charge in [0.15, 0.2) is 18.4 Å². The monoisotopic (exact) mass is 264 g/mol. The Hall–Kier alpha value is -1.27. The van der Waals surface area contributed by atoms with E-state index in [1.807, 2.05) is 30.3 Å². The molecule has 3 rings (SSSR count). The normalized spacial score (nSPS) is 34.9. The molecule has 2 heterocycles. The van der Waals surface area contributed by atoms with Crippen molar-refractivity contribution in [1.29, 1.82) is 0 Å². The molecule has 0 radical (unpaired) electrons. The number of ketones is 1. The van der Waals surface area contributed by atoms with E-state index in [1.54, 1.807) is 0 Å². The van der Waals surface area contributed by atoms with Gasteiger partial charge in [0, 0.05) is 12.7 Å². The zero-order valence-corrected chi connectivity index (χ0v) is 10.7. The van der Waals surface area contributed by atoms with Crippen LogP contribution in [0.3, 0.4) is 0 Å². The highest BCUT2D eigenvalue weighted by molar-refractivity contribution is 5.84. The lowest BCUT2D eigenvalue weighted by atomic mass is 10.0. The Balaban J connectivity index is 1.72. The number of carbonyl (C=O) groups is 1. The van der Waals surface area contributed by atoms with Crippen molar-refractivity contribution in [3.05, 3.63) is 35.9 Å². The predicted molar refractivity (Wildman–Crippen MR) is 65.3 cm³/mol. The summed E-state index contributed by atoms with van der Waals surface area (Å²) in [5.41, 5.74) is 0.905. The first-order valence-electron chi connectivity index (χ1n) is 6.31. The molecule has 2 saturated heterocycles. The number of benzene rings is 1. The number of hydrogen-bond acceptors (Lipinski definition) is 5. The van der Waals surface area contributed by atoms with E-state index in [4.69, 9.17) is 18.9 Å². The summed E-state index contributed by atoms with van der Waals surface area (Å²) in [4.78, 5) is 12.0. The molecule has 2 aliphatic rings. The molecule has 19 heavy (non-hydrogen) atoms. The molecule has 1 unspecified atom stereocenters. The second-order valence-corrected chi connectivity index (χ2v) is 4.64. The predicted octanol–water partition coefficient (Wildman–Crippen LogP) is 1.43. The minimum atomic E-state index is -0.564. The van der Waals surface area contributed by atoms with Gasteiger partial charge in [-0.3, -0.25) is 4.79 Å². The highest BCUT2D eigenvalue weighted by atomic mass is 16.7. The Bertz CT molecular complexity index is 446. The van der Waals surface area contributed by atoms with Gasteiger partial charge in [-0.25, -0.2) is 0 Å². The average molecular weight is 264 g/mol. The summed E-state index contributed by atoms with van der Waals surface area (Å²) in [7, 11) is 1.52. The van der Waals surface area contributed by atoms with Crippen molar-refractivity contribution in [3.8, 4) is 0 Å². The molecule has 0 aromatic heterocycles. The molecule has 0 amide bonds. The molecule has 0 aliphatic carbocycles. The minimum absolute atomic E-state index is 0.00679. The standard InChI is InChI=1S/C14H16O5/c1-16-12-7-10(15)13-11(18-12)8-17-14(19-13)9-5-3-2-4-6-9/h2-6,11-14H,7-8H2,1H3/t11-,12+,13+,14?/m1/s1. The van der Waals surface area contributed by atoms with Crippen LogP contribution in [0.2, 0.25) is 0 Å². The Morgan fingerprint density at radius 2 is 2.00 bits per heavy atom. The summed E-state index contributed by atoms with van der Waals surface area (Å²) in [6, 6.07) is 9.57. The lowest BCUT2D eigenvalue weighted by molar-refractivity contribution is -0.298. The minimum Gasteiger partial charge on any atom is -0.355 e. The van der Waals surface area contributed by atoms with Crippen LogP contribution in [0.4, 0.5) is 0 Å². The van der Waals surface area contributed by atoms with Gasteiger partial charge < -0.3 is 18.9 Å². The van der Waals surface area contributed by atoms with E-state index in [0.717, 1.165) is 5.56 Å². The fourth-order valence-electron chi connectivity index (χ4n) is 2.37. The van der Waals surface area contributed by atoms with E-state index in [0.29, 0.717) is 6.61 Å². The van der Waals surface area contributed by atoms with Crippen LogP contribution in [-0.2, 0) is 23.7 Å². The van der Waals surface area contributed by atoms with Gasteiger partial charge in [0.2, 0.25) is 0 Å². The van der Waals surface area contributed by atoms with Crippen molar-refractivity contribution in [3.63, 3.8) is 0 Å². The third-order valence-electron chi connectivity index (χ3n) is 3.37. The Kier molecular flexibility index (Phi) is 3.61. The molecule has 1 aromatic carbocycles. The third kappa shape index (κ3) is 2.55. The van der Waals surface area contributed by atoms with Gasteiger partial charge >= 0.3 is 0 Å². The molecule has 2 fully saturated rings.